The summed E-state index contributed by atoms with van der Waals surface area (Å²) in [5.74, 6) is -0.437. The Kier molecular flexibility index (Phi) is 4.55. The Bertz CT molecular complexity index is 1320. The number of hydrogen-bond donors (Lipinski definition) is 0. The molecule has 0 saturated carbocycles. The minimum Gasteiger partial charge on any atom is -0.266 e. The van der Waals surface area contributed by atoms with Gasteiger partial charge < -0.3 is 0 Å². The molecule has 5 nitrogen and oxygen atoms in total. The zero-order chi connectivity index (χ0) is 19.0. The third-order valence-corrected chi connectivity index (χ3v) is 5.14. The first-order valence-corrected chi connectivity index (χ1v) is 9.14. The molecule has 2 aromatic carbocycles. The molecular formula is C19H11ClFN3O2S. The fourth-order valence-corrected chi connectivity index (χ4v) is 3.60. The first-order valence-electron chi connectivity index (χ1n) is 7.95. The Morgan fingerprint density at radius 3 is 2.59 bits per heavy atom. The van der Waals surface area contributed by atoms with E-state index in [1.54, 1.807) is 42.5 Å². The molecule has 0 spiro atoms. The summed E-state index contributed by atoms with van der Waals surface area (Å²) in [6.07, 6.45) is 1.66. The second-order valence-electron chi connectivity index (χ2n) is 5.80. The average Bonchev–Trinajstić information content (AvgIpc) is 2.94. The predicted molar refractivity (Wildman–Crippen MR) is 103 cm³/mol. The van der Waals surface area contributed by atoms with Gasteiger partial charge in [-0.2, -0.15) is 14.6 Å². The van der Waals surface area contributed by atoms with Crippen LogP contribution in [0, 0.1) is 5.82 Å². The van der Waals surface area contributed by atoms with E-state index < -0.39 is 16.9 Å². The molecule has 0 saturated heterocycles. The van der Waals surface area contributed by atoms with E-state index in [0.717, 1.165) is 21.4 Å². The maximum absolute atomic E-state index is 13.8. The number of nitrogens with zero attached hydrogens (tertiary/aromatic N) is 3. The van der Waals surface area contributed by atoms with E-state index in [4.69, 9.17) is 11.6 Å². The van der Waals surface area contributed by atoms with Gasteiger partial charge in [-0.25, -0.2) is 4.39 Å². The summed E-state index contributed by atoms with van der Waals surface area (Å²) in [7, 11) is 0. The Balaban J connectivity index is 1.82. The Hall–Kier alpha value is -2.90. The van der Waals surface area contributed by atoms with Crippen molar-refractivity contribution in [2.75, 3.05) is 0 Å². The molecule has 0 unspecified atom stereocenters. The largest absolute Gasteiger partial charge is 0.296 e. The third-order valence-electron chi connectivity index (χ3n) is 3.93. The minimum atomic E-state index is -0.497. The van der Waals surface area contributed by atoms with Crippen LogP contribution < -0.4 is 15.7 Å². The van der Waals surface area contributed by atoms with E-state index in [-0.39, 0.29) is 27.2 Å². The van der Waals surface area contributed by atoms with Gasteiger partial charge in [-0.05, 0) is 29.8 Å². The highest BCUT2D eigenvalue weighted by atomic mass is 35.5. The van der Waals surface area contributed by atoms with E-state index in [9.17, 15) is 14.0 Å². The van der Waals surface area contributed by atoms with Crippen molar-refractivity contribution in [1.29, 1.82) is 0 Å². The van der Waals surface area contributed by atoms with Gasteiger partial charge >= 0.3 is 0 Å². The number of hydrogen-bond acceptors (Lipinski definition) is 5. The van der Waals surface area contributed by atoms with Crippen LogP contribution in [0.15, 0.2) is 58.1 Å². The van der Waals surface area contributed by atoms with Crippen LogP contribution in [0.2, 0.25) is 5.02 Å². The highest BCUT2D eigenvalue weighted by molar-refractivity contribution is 7.15. The number of halogens is 2. The van der Waals surface area contributed by atoms with Crippen molar-refractivity contribution in [3.8, 4) is 0 Å². The fraction of sp³-hybridized carbons (Fsp3) is 0.0526. The van der Waals surface area contributed by atoms with Gasteiger partial charge in [-0.15, -0.1) is 0 Å². The monoisotopic (exact) mass is 399 g/mol. The van der Waals surface area contributed by atoms with Crippen LogP contribution in [0.5, 0.6) is 0 Å². The maximum atomic E-state index is 13.8. The van der Waals surface area contributed by atoms with Crippen LogP contribution in [0.3, 0.4) is 0 Å². The number of rotatable bonds is 3. The van der Waals surface area contributed by atoms with Gasteiger partial charge in [0, 0.05) is 17.0 Å². The molecule has 0 aliphatic heterocycles. The lowest BCUT2D eigenvalue weighted by Gasteiger charge is -2.00. The van der Waals surface area contributed by atoms with Gasteiger partial charge in [-0.3, -0.25) is 9.59 Å². The molecule has 0 radical (unpaired) electrons. The summed E-state index contributed by atoms with van der Waals surface area (Å²) >= 11 is 6.86. The van der Waals surface area contributed by atoms with Gasteiger partial charge in [0.1, 0.15) is 11.5 Å². The summed E-state index contributed by atoms with van der Waals surface area (Å²) in [4.78, 5) is 29.0. The molecule has 27 heavy (non-hydrogen) atoms. The summed E-state index contributed by atoms with van der Waals surface area (Å²) in [5, 5.41) is 4.76. The summed E-state index contributed by atoms with van der Waals surface area (Å²) in [5.41, 5.74) is 0.325. The quantitative estimate of drug-likeness (QED) is 0.531. The zero-order valence-electron chi connectivity index (χ0n) is 13.7. The minimum absolute atomic E-state index is 0.155. The van der Waals surface area contributed by atoms with Gasteiger partial charge in [0.15, 0.2) is 0 Å². The molecule has 2 heterocycles. The molecule has 0 amide bonds. The van der Waals surface area contributed by atoms with Crippen LogP contribution in [0.25, 0.3) is 11.0 Å². The van der Waals surface area contributed by atoms with Crippen molar-refractivity contribution in [3.05, 3.63) is 101 Å². The second kappa shape index (κ2) is 7.02. The molecule has 0 aliphatic carbocycles. The molecule has 0 N–H and O–H groups in total. The summed E-state index contributed by atoms with van der Waals surface area (Å²) < 4.78 is 15.2. The molecule has 4 aromatic rings. The van der Waals surface area contributed by atoms with Crippen LogP contribution in [0.1, 0.15) is 16.8 Å². The molecule has 134 valence electrons. The van der Waals surface area contributed by atoms with Gasteiger partial charge in [-0.1, -0.05) is 53.3 Å². The lowest BCUT2D eigenvalue weighted by molar-refractivity contribution is 0.625. The van der Waals surface area contributed by atoms with Crippen LogP contribution in [0.4, 0.5) is 4.39 Å². The standard InChI is InChI=1S/C19H11ClFN3O2S/c20-13-7-5-11(6-8-13)9-15-17(25)22-19-24(23-15)18(26)16(27-19)10-12-3-1-2-4-14(12)21/h1-8,10H,9H2/b16-10+. The van der Waals surface area contributed by atoms with E-state index in [0.29, 0.717) is 5.02 Å². The van der Waals surface area contributed by atoms with Crippen molar-refractivity contribution in [2.45, 2.75) is 6.42 Å². The zero-order valence-corrected chi connectivity index (χ0v) is 15.3. The first-order chi connectivity index (χ1) is 13.0. The van der Waals surface area contributed by atoms with Crippen molar-refractivity contribution < 1.29 is 4.39 Å². The summed E-state index contributed by atoms with van der Waals surface area (Å²) in [6.45, 7) is 0. The SMILES string of the molecule is O=c1nc2s/c(=C/c3ccccc3F)c(=O)n2nc1Cc1ccc(Cl)cc1. The van der Waals surface area contributed by atoms with Crippen molar-refractivity contribution in [1.82, 2.24) is 14.6 Å². The number of benzene rings is 2. The highest BCUT2D eigenvalue weighted by Crippen LogP contribution is 2.11. The van der Waals surface area contributed by atoms with Crippen LogP contribution in [-0.4, -0.2) is 14.6 Å². The van der Waals surface area contributed by atoms with Crippen molar-refractivity contribution in [3.63, 3.8) is 0 Å². The van der Waals surface area contributed by atoms with Crippen molar-refractivity contribution in [2.24, 2.45) is 0 Å². The van der Waals surface area contributed by atoms with E-state index >= 15 is 0 Å². The van der Waals surface area contributed by atoms with E-state index in [1.165, 1.54) is 12.1 Å². The normalized spacial score (nSPS) is 12.0. The topological polar surface area (TPSA) is 64.3 Å². The molecule has 0 bridgehead atoms. The number of aromatic nitrogens is 3. The van der Waals surface area contributed by atoms with Gasteiger partial charge in [0.05, 0.1) is 4.53 Å². The number of thiazole rings is 1. The lowest BCUT2D eigenvalue weighted by atomic mass is 10.1. The molecule has 4 rings (SSSR count). The molecule has 0 aliphatic rings. The predicted octanol–water partition coefficient (Wildman–Crippen LogP) is 2.44. The molecule has 0 fully saturated rings. The van der Waals surface area contributed by atoms with Crippen LogP contribution >= 0.6 is 22.9 Å². The molecule has 2 aromatic heterocycles. The van der Waals surface area contributed by atoms with Gasteiger partial charge in [0.25, 0.3) is 11.1 Å². The van der Waals surface area contributed by atoms with E-state index in [2.05, 4.69) is 10.1 Å². The Morgan fingerprint density at radius 2 is 1.85 bits per heavy atom. The second-order valence-corrected chi connectivity index (χ2v) is 7.24. The first kappa shape index (κ1) is 17.5. The molecule has 0 atom stereocenters. The van der Waals surface area contributed by atoms with Crippen molar-refractivity contribution >= 4 is 34.0 Å². The number of fused-ring (bicyclic) bond motifs is 1. The molecular weight excluding hydrogens is 389 g/mol. The molecule has 8 heteroatoms. The highest BCUT2D eigenvalue weighted by Gasteiger charge is 2.12. The average molecular weight is 400 g/mol. The Labute approximate surface area is 161 Å². The smallest absolute Gasteiger partial charge is 0.266 e. The maximum Gasteiger partial charge on any atom is 0.296 e. The third kappa shape index (κ3) is 3.51. The van der Waals surface area contributed by atoms with Crippen LogP contribution in [-0.2, 0) is 6.42 Å². The lowest BCUT2D eigenvalue weighted by Crippen LogP contribution is -2.28. The Morgan fingerprint density at radius 1 is 1.11 bits per heavy atom. The van der Waals surface area contributed by atoms with Gasteiger partial charge in [0.2, 0.25) is 4.96 Å². The summed E-state index contributed by atoms with van der Waals surface area (Å²) in [6, 6.07) is 13.1. The van der Waals surface area contributed by atoms with E-state index in [1.807, 2.05) is 0 Å². The fourth-order valence-electron chi connectivity index (χ4n) is 2.58.